The third kappa shape index (κ3) is 2.02. The molecule has 2 aromatic rings. The molecule has 0 saturated carbocycles. The molecule has 15 heavy (non-hydrogen) atoms. The molecule has 3 nitrogen and oxygen atoms in total. The van der Waals surface area contributed by atoms with Crippen molar-refractivity contribution in [2.75, 3.05) is 5.73 Å². The molecule has 0 amide bonds. The van der Waals surface area contributed by atoms with E-state index in [0.29, 0.717) is 22.1 Å². The Hall–Kier alpha value is -1.74. The van der Waals surface area contributed by atoms with Gasteiger partial charge in [-0.05, 0) is 24.3 Å². The van der Waals surface area contributed by atoms with Gasteiger partial charge < -0.3 is 10.8 Å². The van der Waals surface area contributed by atoms with Crippen LogP contribution in [0.4, 0.5) is 5.69 Å². The topological polar surface area (TPSA) is 59.1 Å². The van der Waals surface area contributed by atoms with Gasteiger partial charge in [0.15, 0.2) is 0 Å². The van der Waals surface area contributed by atoms with E-state index in [9.17, 15) is 5.11 Å². The molecule has 0 radical (unpaired) electrons. The lowest BCUT2D eigenvalue weighted by molar-refractivity contribution is 0.477. The summed E-state index contributed by atoms with van der Waals surface area (Å²) in [5.41, 5.74) is 7.35. The minimum absolute atomic E-state index is 0.159. The number of anilines is 1. The van der Waals surface area contributed by atoms with E-state index < -0.39 is 0 Å². The molecular weight excluding hydrogens is 212 g/mol. The van der Waals surface area contributed by atoms with Crippen molar-refractivity contribution in [3.8, 4) is 17.0 Å². The Morgan fingerprint density at radius 3 is 2.60 bits per heavy atom. The van der Waals surface area contributed by atoms with Gasteiger partial charge in [-0.3, -0.25) is 0 Å². The predicted molar refractivity (Wildman–Crippen MR) is 60.8 cm³/mol. The first-order valence-corrected chi connectivity index (χ1v) is 4.76. The van der Waals surface area contributed by atoms with E-state index in [4.69, 9.17) is 17.3 Å². The van der Waals surface area contributed by atoms with Gasteiger partial charge in [-0.2, -0.15) is 0 Å². The number of para-hydroxylation sites is 1. The number of halogens is 1. The maximum absolute atomic E-state index is 9.62. The SMILES string of the molecule is Nc1cc(Cl)nc(-c2ccccc2O)c1. The fourth-order valence-electron chi connectivity index (χ4n) is 1.34. The van der Waals surface area contributed by atoms with Crippen LogP contribution < -0.4 is 5.73 Å². The number of aromatic hydroxyl groups is 1. The van der Waals surface area contributed by atoms with Gasteiger partial charge in [-0.1, -0.05) is 23.7 Å². The van der Waals surface area contributed by atoms with Gasteiger partial charge in [0.05, 0.1) is 5.69 Å². The molecule has 0 unspecified atom stereocenters. The largest absolute Gasteiger partial charge is 0.507 e. The zero-order chi connectivity index (χ0) is 10.8. The van der Waals surface area contributed by atoms with Crippen LogP contribution in [0.1, 0.15) is 0 Å². The van der Waals surface area contributed by atoms with Crippen molar-refractivity contribution < 1.29 is 5.11 Å². The molecule has 76 valence electrons. The summed E-state index contributed by atoms with van der Waals surface area (Å²) in [6.07, 6.45) is 0. The Balaban J connectivity index is 2.59. The van der Waals surface area contributed by atoms with E-state index in [-0.39, 0.29) is 5.75 Å². The van der Waals surface area contributed by atoms with Crippen LogP contribution in [0.5, 0.6) is 5.75 Å². The first-order chi connectivity index (χ1) is 7.16. The average Bonchev–Trinajstić information content (AvgIpc) is 2.16. The van der Waals surface area contributed by atoms with Gasteiger partial charge in [-0.25, -0.2) is 4.98 Å². The van der Waals surface area contributed by atoms with E-state index in [2.05, 4.69) is 4.98 Å². The highest BCUT2D eigenvalue weighted by Crippen LogP contribution is 2.29. The summed E-state index contributed by atoms with van der Waals surface area (Å²) in [5, 5.41) is 9.94. The number of phenolic OH excluding ortho intramolecular Hbond substituents is 1. The molecule has 4 heteroatoms. The molecule has 0 aliphatic carbocycles. The lowest BCUT2D eigenvalue weighted by Gasteiger charge is -2.04. The van der Waals surface area contributed by atoms with E-state index >= 15 is 0 Å². The van der Waals surface area contributed by atoms with Crippen molar-refractivity contribution in [3.63, 3.8) is 0 Å². The van der Waals surface area contributed by atoms with Gasteiger partial charge in [0.1, 0.15) is 10.9 Å². The number of rotatable bonds is 1. The van der Waals surface area contributed by atoms with Crippen LogP contribution in [0, 0.1) is 0 Å². The minimum Gasteiger partial charge on any atom is -0.507 e. The van der Waals surface area contributed by atoms with E-state index in [1.807, 2.05) is 6.07 Å². The smallest absolute Gasteiger partial charge is 0.131 e. The van der Waals surface area contributed by atoms with Crippen molar-refractivity contribution in [3.05, 3.63) is 41.6 Å². The summed E-state index contributed by atoms with van der Waals surface area (Å²) in [5.74, 6) is 0.159. The molecule has 0 fully saturated rings. The summed E-state index contributed by atoms with van der Waals surface area (Å²) in [6.45, 7) is 0. The quantitative estimate of drug-likeness (QED) is 0.727. The highest BCUT2D eigenvalue weighted by Gasteiger charge is 2.06. The monoisotopic (exact) mass is 220 g/mol. The van der Waals surface area contributed by atoms with Crippen LogP contribution in [-0.4, -0.2) is 10.1 Å². The van der Waals surface area contributed by atoms with E-state index in [1.165, 1.54) is 0 Å². The zero-order valence-corrected chi connectivity index (χ0v) is 8.57. The molecule has 1 aromatic heterocycles. The number of pyridine rings is 1. The molecule has 1 aromatic carbocycles. The Bertz CT molecular complexity index is 479. The fraction of sp³-hybridized carbons (Fsp3) is 0. The van der Waals surface area contributed by atoms with Gasteiger partial charge in [0, 0.05) is 11.3 Å². The van der Waals surface area contributed by atoms with Crippen LogP contribution in [0.15, 0.2) is 36.4 Å². The normalized spacial score (nSPS) is 10.2. The molecule has 3 N–H and O–H groups in total. The second kappa shape index (κ2) is 3.79. The number of nitrogen functional groups attached to an aromatic ring is 1. The molecule has 0 aliphatic rings. The first-order valence-electron chi connectivity index (χ1n) is 4.38. The van der Waals surface area contributed by atoms with Crippen LogP contribution >= 0.6 is 11.6 Å². The average molecular weight is 221 g/mol. The second-order valence-corrected chi connectivity index (χ2v) is 3.51. The van der Waals surface area contributed by atoms with Gasteiger partial charge in [0.25, 0.3) is 0 Å². The summed E-state index contributed by atoms with van der Waals surface area (Å²) in [4.78, 5) is 4.09. The number of hydrogen-bond acceptors (Lipinski definition) is 3. The zero-order valence-electron chi connectivity index (χ0n) is 7.81. The summed E-state index contributed by atoms with van der Waals surface area (Å²) < 4.78 is 0. The fourth-order valence-corrected chi connectivity index (χ4v) is 1.56. The molecule has 0 bridgehead atoms. The number of phenols is 1. The minimum atomic E-state index is 0.159. The van der Waals surface area contributed by atoms with Gasteiger partial charge in [0.2, 0.25) is 0 Å². The summed E-state index contributed by atoms with van der Waals surface area (Å²) in [6, 6.07) is 10.1. The number of hydrogen-bond donors (Lipinski definition) is 2. The summed E-state index contributed by atoms with van der Waals surface area (Å²) >= 11 is 5.78. The third-order valence-corrected chi connectivity index (χ3v) is 2.19. The molecule has 1 heterocycles. The molecule has 0 atom stereocenters. The number of benzene rings is 1. The Kier molecular flexibility index (Phi) is 2.47. The lowest BCUT2D eigenvalue weighted by atomic mass is 10.1. The lowest BCUT2D eigenvalue weighted by Crippen LogP contribution is -1.90. The van der Waals surface area contributed by atoms with Crippen LogP contribution in [-0.2, 0) is 0 Å². The van der Waals surface area contributed by atoms with Crippen LogP contribution in [0.2, 0.25) is 5.15 Å². The van der Waals surface area contributed by atoms with Crippen molar-refractivity contribution in [2.45, 2.75) is 0 Å². The van der Waals surface area contributed by atoms with E-state index in [0.717, 1.165) is 0 Å². The second-order valence-electron chi connectivity index (χ2n) is 3.13. The van der Waals surface area contributed by atoms with Crippen molar-refractivity contribution in [1.82, 2.24) is 4.98 Å². The predicted octanol–water partition coefficient (Wildman–Crippen LogP) is 2.69. The van der Waals surface area contributed by atoms with Crippen molar-refractivity contribution in [2.24, 2.45) is 0 Å². The number of aromatic nitrogens is 1. The molecule has 0 saturated heterocycles. The highest BCUT2D eigenvalue weighted by atomic mass is 35.5. The maximum Gasteiger partial charge on any atom is 0.131 e. The Morgan fingerprint density at radius 2 is 1.93 bits per heavy atom. The van der Waals surface area contributed by atoms with Gasteiger partial charge >= 0.3 is 0 Å². The highest BCUT2D eigenvalue weighted by molar-refractivity contribution is 6.29. The molecule has 0 spiro atoms. The van der Waals surface area contributed by atoms with E-state index in [1.54, 1.807) is 30.3 Å². The molecule has 2 rings (SSSR count). The van der Waals surface area contributed by atoms with Gasteiger partial charge in [-0.15, -0.1) is 0 Å². The standard InChI is InChI=1S/C11H9ClN2O/c12-11-6-7(13)5-9(14-11)8-3-1-2-4-10(8)15/h1-6,15H,(H2,13,14). The Morgan fingerprint density at radius 1 is 1.20 bits per heavy atom. The van der Waals surface area contributed by atoms with Crippen LogP contribution in [0.3, 0.4) is 0 Å². The van der Waals surface area contributed by atoms with Crippen LogP contribution in [0.25, 0.3) is 11.3 Å². The molecule has 0 aliphatic heterocycles. The van der Waals surface area contributed by atoms with Crippen molar-refractivity contribution >= 4 is 17.3 Å². The summed E-state index contributed by atoms with van der Waals surface area (Å²) in [7, 11) is 0. The number of nitrogens with two attached hydrogens (primary N) is 1. The van der Waals surface area contributed by atoms with Crippen molar-refractivity contribution in [1.29, 1.82) is 0 Å². The Labute approximate surface area is 92.1 Å². The number of nitrogens with zero attached hydrogens (tertiary/aromatic N) is 1. The third-order valence-electron chi connectivity index (χ3n) is 2.00. The first kappa shape index (κ1) is 9.80. The maximum atomic E-state index is 9.62. The molecular formula is C11H9ClN2O.